The summed E-state index contributed by atoms with van der Waals surface area (Å²) in [5, 5.41) is 10.6. The van der Waals surface area contributed by atoms with E-state index < -0.39 is 5.60 Å². The standard InChI is InChI=1S/C12H17IO/c1-10(2)9-4-5-11(10,3)12(14,8-9)6-7-13/h9,14H,4-5,8H2,1-3H3/t9-,11-,12+/m0/s1. The lowest BCUT2D eigenvalue weighted by molar-refractivity contribution is -0.0431. The molecule has 0 spiro atoms. The molecule has 0 aliphatic heterocycles. The van der Waals surface area contributed by atoms with Gasteiger partial charge in [-0.15, -0.1) is 0 Å². The summed E-state index contributed by atoms with van der Waals surface area (Å²) < 4.78 is 2.87. The molecule has 0 radical (unpaired) electrons. The minimum absolute atomic E-state index is 0.0111. The van der Waals surface area contributed by atoms with E-state index in [1.54, 1.807) is 0 Å². The van der Waals surface area contributed by atoms with Crippen molar-refractivity contribution in [3.05, 3.63) is 0 Å². The summed E-state index contributed by atoms with van der Waals surface area (Å²) in [6, 6.07) is 0. The Bertz CT molecular complexity index is 325. The Morgan fingerprint density at radius 2 is 2.00 bits per heavy atom. The van der Waals surface area contributed by atoms with E-state index in [4.69, 9.17) is 0 Å². The van der Waals surface area contributed by atoms with Crippen LogP contribution in [0.25, 0.3) is 0 Å². The van der Waals surface area contributed by atoms with E-state index in [0.717, 1.165) is 12.8 Å². The van der Waals surface area contributed by atoms with E-state index in [1.807, 2.05) is 22.6 Å². The third kappa shape index (κ3) is 1.01. The molecule has 0 amide bonds. The molecule has 0 unspecified atom stereocenters. The number of aliphatic hydroxyl groups is 1. The lowest BCUT2D eigenvalue weighted by Gasteiger charge is -2.42. The molecule has 0 aromatic rings. The first-order valence-electron chi connectivity index (χ1n) is 5.22. The highest BCUT2D eigenvalue weighted by Gasteiger charge is 2.68. The highest BCUT2D eigenvalue weighted by atomic mass is 127. The van der Waals surface area contributed by atoms with Crippen LogP contribution in [0.2, 0.25) is 0 Å². The van der Waals surface area contributed by atoms with E-state index in [-0.39, 0.29) is 10.8 Å². The average molecular weight is 304 g/mol. The van der Waals surface area contributed by atoms with Crippen molar-refractivity contribution in [3.63, 3.8) is 0 Å². The Morgan fingerprint density at radius 1 is 1.36 bits per heavy atom. The van der Waals surface area contributed by atoms with Crippen LogP contribution >= 0.6 is 22.6 Å². The smallest absolute Gasteiger partial charge is 0.132 e. The number of halogens is 1. The predicted molar refractivity (Wildman–Crippen MR) is 66.0 cm³/mol. The van der Waals surface area contributed by atoms with Crippen molar-refractivity contribution in [3.8, 4) is 9.85 Å². The van der Waals surface area contributed by atoms with E-state index in [0.29, 0.717) is 5.92 Å². The van der Waals surface area contributed by atoms with Crippen LogP contribution in [-0.4, -0.2) is 10.7 Å². The van der Waals surface area contributed by atoms with Gasteiger partial charge in [-0.1, -0.05) is 26.7 Å². The lowest BCUT2D eigenvalue weighted by atomic mass is 9.65. The molecular weight excluding hydrogens is 287 g/mol. The Balaban J connectivity index is 2.48. The third-order valence-corrected chi connectivity index (χ3v) is 5.41. The molecule has 14 heavy (non-hydrogen) atoms. The first-order valence-corrected chi connectivity index (χ1v) is 6.30. The maximum atomic E-state index is 10.6. The predicted octanol–water partition coefficient (Wildman–Crippen LogP) is 2.96. The molecule has 2 aliphatic rings. The zero-order chi connectivity index (χ0) is 10.6. The maximum absolute atomic E-state index is 10.6. The van der Waals surface area contributed by atoms with Gasteiger partial charge in [0.1, 0.15) is 5.60 Å². The highest BCUT2D eigenvalue weighted by molar-refractivity contribution is 14.1. The van der Waals surface area contributed by atoms with Gasteiger partial charge in [0.15, 0.2) is 0 Å². The molecule has 2 rings (SSSR count). The minimum atomic E-state index is -0.736. The minimum Gasteiger partial charge on any atom is -0.377 e. The fourth-order valence-corrected chi connectivity index (χ4v) is 3.99. The van der Waals surface area contributed by atoms with Gasteiger partial charge in [-0.2, -0.15) is 0 Å². The van der Waals surface area contributed by atoms with E-state index in [9.17, 15) is 5.11 Å². The summed E-state index contributed by atoms with van der Waals surface area (Å²) in [6.07, 6.45) is 3.24. The molecule has 2 aliphatic carbocycles. The maximum Gasteiger partial charge on any atom is 0.132 e. The number of fused-ring (bicyclic) bond motifs is 2. The van der Waals surface area contributed by atoms with Gasteiger partial charge < -0.3 is 5.11 Å². The van der Waals surface area contributed by atoms with E-state index >= 15 is 0 Å². The summed E-state index contributed by atoms with van der Waals surface area (Å²) in [5.74, 6) is 3.69. The van der Waals surface area contributed by atoms with Crippen molar-refractivity contribution in [2.45, 2.75) is 45.6 Å². The molecule has 0 saturated heterocycles. The van der Waals surface area contributed by atoms with Crippen LogP contribution in [0, 0.1) is 26.6 Å². The fraction of sp³-hybridized carbons (Fsp3) is 0.833. The molecule has 2 fully saturated rings. The van der Waals surface area contributed by atoms with Gasteiger partial charge in [-0.05, 0) is 34.5 Å². The van der Waals surface area contributed by atoms with Crippen LogP contribution < -0.4 is 0 Å². The zero-order valence-corrected chi connectivity index (χ0v) is 11.2. The van der Waals surface area contributed by atoms with Crippen LogP contribution in [0.3, 0.4) is 0 Å². The first kappa shape index (κ1) is 10.8. The number of hydrogen-bond acceptors (Lipinski definition) is 1. The van der Waals surface area contributed by atoms with Gasteiger partial charge in [-0.25, -0.2) is 0 Å². The molecule has 0 heterocycles. The van der Waals surface area contributed by atoms with Crippen molar-refractivity contribution in [1.82, 2.24) is 0 Å². The van der Waals surface area contributed by atoms with E-state index in [2.05, 4.69) is 30.6 Å². The normalized spacial score (nSPS) is 48.8. The summed E-state index contributed by atoms with van der Waals surface area (Å²) >= 11 is 2.03. The zero-order valence-electron chi connectivity index (χ0n) is 9.02. The molecule has 2 heteroatoms. The Hall–Kier alpha value is 0.250. The van der Waals surface area contributed by atoms with Crippen LogP contribution in [0.5, 0.6) is 0 Å². The molecule has 2 bridgehead atoms. The van der Waals surface area contributed by atoms with Crippen molar-refractivity contribution >= 4 is 22.6 Å². The van der Waals surface area contributed by atoms with Gasteiger partial charge in [-0.3, -0.25) is 0 Å². The van der Waals surface area contributed by atoms with Crippen molar-refractivity contribution in [1.29, 1.82) is 0 Å². The Kier molecular flexibility index (Phi) is 2.22. The average Bonchev–Trinajstić information content (AvgIpc) is 2.36. The second kappa shape index (κ2) is 2.89. The van der Waals surface area contributed by atoms with Crippen LogP contribution in [-0.2, 0) is 0 Å². The summed E-state index contributed by atoms with van der Waals surface area (Å²) in [5.41, 5.74) is -0.508. The quantitative estimate of drug-likeness (QED) is 0.539. The van der Waals surface area contributed by atoms with Crippen molar-refractivity contribution in [2.24, 2.45) is 16.7 Å². The summed E-state index contributed by atoms with van der Waals surface area (Å²) in [7, 11) is 0. The van der Waals surface area contributed by atoms with Crippen LogP contribution in [0.1, 0.15) is 40.0 Å². The first-order chi connectivity index (χ1) is 6.37. The molecule has 1 nitrogen and oxygen atoms in total. The second-order valence-corrected chi connectivity index (χ2v) is 6.11. The van der Waals surface area contributed by atoms with Gasteiger partial charge in [0.25, 0.3) is 0 Å². The van der Waals surface area contributed by atoms with Gasteiger partial charge in [0.05, 0.1) is 0 Å². The highest BCUT2D eigenvalue weighted by Crippen LogP contribution is 2.69. The fourth-order valence-electron chi connectivity index (χ4n) is 3.54. The monoisotopic (exact) mass is 304 g/mol. The molecule has 3 atom stereocenters. The van der Waals surface area contributed by atoms with E-state index in [1.165, 1.54) is 6.42 Å². The van der Waals surface area contributed by atoms with Crippen LogP contribution in [0.4, 0.5) is 0 Å². The second-order valence-electron chi connectivity index (χ2n) is 5.57. The lowest BCUT2D eigenvalue weighted by Crippen LogP contribution is -2.46. The van der Waals surface area contributed by atoms with Gasteiger partial charge in [0.2, 0.25) is 0 Å². The third-order valence-electron chi connectivity index (χ3n) is 5.14. The molecule has 1 N–H and O–H groups in total. The van der Waals surface area contributed by atoms with Gasteiger partial charge in [0, 0.05) is 28.0 Å². The van der Waals surface area contributed by atoms with Crippen molar-refractivity contribution in [2.75, 3.05) is 0 Å². The Labute approximate surface area is 99.8 Å². The SMILES string of the molecule is CC1(C)[C@H]2CC[C@]1(C)[C@@](O)(C#CI)C2. The largest absolute Gasteiger partial charge is 0.377 e. The number of rotatable bonds is 0. The summed E-state index contributed by atoms with van der Waals surface area (Å²) in [6.45, 7) is 6.79. The molecule has 0 aromatic heterocycles. The molecule has 2 saturated carbocycles. The summed E-state index contributed by atoms with van der Waals surface area (Å²) in [4.78, 5) is 0. The number of hydrogen-bond donors (Lipinski definition) is 1. The molecule has 78 valence electrons. The van der Waals surface area contributed by atoms with Crippen molar-refractivity contribution < 1.29 is 5.11 Å². The molecule has 0 aromatic carbocycles. The topological polar surface area (TPSA) is 20.2 Å². The van der Waals surface area contributed by atoms with Gasteiger partial charge >= 0.3 is 0 Å². The Morgan fingerprint density at radius 3 is 2.36 bits per heavy atom. The molecular formula is C12H17IO. The van der Waals surface area contributed by atoms with Crippen LogP contribution in [0.15, 0.2) is 0 Å².